The molecular formula is C8H22Ge-2. The number of hydrogen-bond acceptors (Lipinski definition) is 0. The first-order valence-corrected chi connectivity index (χ1v) is 8.61. The van der Waals surface area contributed by atoms with Gasteiger partial charge in [-0.2, -0.15) is 0 Å². The van der Waals surface area contributed by atoms with Crippen molar-refractivity contribution >= 4 is 15.4 Å². The van der Waals surface area contributed by atoms with E-state index in [9.17, 15) is 0 Å². The Morgan fingerprint density at radius 2 is 1.44 bits per heavy atom. The predicted octanol–water partition coefficient (Wildman–Crippen LogP) is 2.82. The van der Waals surface area contributed by atoms with Gasteiger partial charge in [-0.05, 0) is 0 Å². The molecular weight excluding hydrogens is 169 g/mol. The average molecular weight is 191 g/mol. The summed E-state index contributed by atoms with van der Waals surface area (Å²) in [5.41, 5.74) is 0. The summed E-state index contributed by atoms with van der Waals surface area (Å²) in [6.07, 6.45) is 5.86. The monoisotopic (exact) mass is 192 g/mol. The summed E-state index contributed by atoms with van der Waals surface area (Å²) < 4.78 is 0. The molecule has 0 spiro atoms. The molecule has 0 radical (unpaired) electrons. The molecule has 0 heterocycles. The first-order chi connectivity index (χ1) is 4.41. The van der Waals surface area contributed by atoms with E-state index in [1.807, 2.05) is 0 Å². The van der Waals surface area contributed by atoms with Crippen molar-refractivity contribution < 1.29 is 2.85 Å². The fourth-order valence-corrected chi connectivity index (χ4v) is 5.35. The predicted molar refractivity (Wildman–Crippen MR) is 50.2 cm³/mol. The van der Waals surface area contributed by atoms with Gasteiger partial charge >= 0.3 is 65.5 Å². The molecule has 9 heavy (non-hydrogen) atoms. The van der Waals surface area contributed by atoms with E-state index in [1.165, 1.54) is 25.7 Å². The van der Waals surface area contributed by atoms with Crippen molar-refractivity contribution in [3.05, 3.63) is 0 Å². The summed E-state index contributed by atoms with van der Waals surface area (Å²) in [4.78, 5) is 0. The Bertz CT molecular complexity index is 45.4. The molecule has 0 unspecified atom stereocenters. The first kappa shape index (κ1) is 9.54. The zero-order valence-electron chi connectivity index (χ0n) is 8.95. The zero-order chi connectivity index (χ0) is 6.95. The van der Waals surface area contributed by atoms with Gasteiger partial charge in [-0.3, -0.25) is 0 Å². The Labute approximate surface area is 68.9 Å². The molecule has 0 saturated heterocycles. The smallest absolute Gasteiger partial charge is 1.00 e. The third kappa shape index (κ3) is 8.54. The summed E-state index contributed by atoms with van der Waals surface area (Å²) in [5.74, 6) is 0. The van der Waals surface area contributed by atoms with Crippen LogP contribution in [0.5, 0.6) is 0 Å². The van der Waals surface area contributed by atoms with E-state index < -0.39 is 0 Å². The summed E-state index contributed by atoms with van der Waals surface area (Å²) in [6.45, 7) is 4.59. The molecule has 0 fully saturated rings. The van der Waals surface area contributed by atoms with Crippen LogP contribution < -0.4 is 0 Å². The Balaban J connectivity index is -0.000000320. The number of rotatable bonds is 6. The van der Waals surface area contributed by atoms with E-state index in [0.717, 1.165) is 0 Å². The molecule has 60 valence electrons. The molecule has 0 aliphatic heterocycles. The molecule has 0 bridgehead atoms. The van der Waals surface area contributed by atoms with E-state index in [1.54, 1.807) is 10.5 Å². The van der Waals surface area contributed by atoms with Gasteiger partial charge < -0.3 is 2.85 Å². The second kappa shape index (κ2) is 8.54. The van der Waals surface area contributed by atoms with Crippen LogP contribution in [0, 0.1) is 0 Å². The van der Waals surface area contributed by atoms with Crippen molar-refractivity contribution in [1.29, 1.82) is 0 Å². The van der Waals surface area contributed by atoms with Crippen LogP contribution in [-0.2, 0) is 0 Å². The molecule has 0 aromatic heterocycles. The second-order valence-electron chi connectivity index (χ2n) is 2.77. The van der Waals surface area contributed by atoms with Gasteiger partial charge in [0.2, 0.25) is 0 Å². The van der Waals surface area contributed by atoms with Gasteiger partial charge in [0.15, 0.2) is 0 Å². The fourth-order valence-electron chi connectivity index (χ4n) is 1.03. The number of unbranched alkanes of at least 4 members (excludes halogenated alkanes) is 2. The molecule has 0 aromatic carbocycles. The Morgan fingerprint density at radius 3 is 1.78 bits per heavy atom. The van der Waals surface area contributed by atoms with E-state index in [0.29, 0.717) is 0 Å². The van der Waals surface area contributed by atoms with E-state index >= 15 is 0 Å². The first-order valence-electron chi connectivity index (χ1n) is 4.41. The third-order valence-electron chi connectivity index (χ3n) is 1.71. The van der Waals surface area contributed by atoms with Crippen LogP contribution in [0.15, 0.2) is 0 Å². The van der Waals surface area contributed by atoms with Crippen molar-refractivity contribution in [2.24, 2.45) is 0 Å². The van der Waals surface area contributed by atoms with Gasteiger partial charge in [-0.15, -0.1) is 0 Å². The molecule has 0 aliphatic carbocycles. The van der Waals surface area contributed by atoms with Crippen molar-refractivity contribution in [3.63, 3.8) is 0 Å². The van der Waals surface area contributed by atoms with Crippen molar-refractivity contribution in [2.45, 2.75) is 50.0 Å². The maximum atomic E-state index is 2.29. The molecule has 0 atom stereocenters. The summed E-state index contributed by atoms with van der Waals surface area (Å²) in [5, 5.41) is 3.28. The van der Waals surface area contributed by atoms with Gasteiger partial charge in [0.25, 0.3) is 0 Å². The molecule has 0 aromatic rings. The minimum Gasteiger partial charge on any atom is -1.00 e. The van der Waals surface area contributed by atoms with Crippen LogP contribution in [0.1, 0.15) is 42.4 Å². The van der Waals surface area contributed by atoms with Gasteiger partial charge in [-0.1, -0.05) is 0 Å². The fraction of sp³-hybridized carbons (Fsp3) is 1.00. The second-order valence-corrected chi connectivity index (χ2v) is 7.22. The minimum absolute atomic E-state index is 0. The summed E-state index contributed by atoms with van der Waals surface area (Å²) >= 11 is 0.0146. The topological polar surface area (TPSA) is 0 Å². The third-order valence-corrected chi connectivity index (χ3v) is 5.90. The van der Waals surface area contributed by atoms with Crippen LogP contribution >= 0.6 is 0 Å². The normalized spacial score (nSPS) is 10.0. The van der Waals surface area contributed by atoms with Crippen LogP contribution in [-0.4, -0.2) is 15.4 Å². The average Bonchev–Trinajstić information content (AvgIpc) is 1.89. The Kier molecular flexibility index (Phi) is 9.06. The molecule has 0 N–H and O–H groups in total. The molecule has 0 aliphatic rings. The summed E-state index contributed by atoms with van der Waals surface area (Å²) in [7, 11) is 0. The Morgan fingerprint density at radius 1 is 1.00 bits per heavy atom. The van der Waals surface area contributed by atoms with Gasteiger partial charge in [0.1, 0.15) is 0 Å². The number of hydrogen-bond donors (Lipinski definition) is 0. The largest absolute Gasteiger partial charge is 1.00 e. The molecule has 0 nitrogen and oxygen atoms in total. The summed E-state index contributed by atoms with van der Waals surface area (Å²) in [6, 6.07) is 0. The van der Waals surface area contributed by atoms with E-state index in [4.69, 9.17) is 0 Å². The van der Waals surface area contributed by atoms with Gasteiger partial charge in [-0.25, -0.2) is 0 Å². The van der Waals surface area contributed by atoms with Crippen molar-refractivity contribution in [1.82, 2.24) is 0 Å². The maximum absolute atomic E-state index is 2.29. The van der Waals surface area contributed by atoms with Crippen molar-refractivity contribution in [3.8, 4) is 0 Å². The van der Waals surface area contributed by atoms with E-state index in [2.05, 4.69) is 13.8 Å². The zero-order valence-corrected chi connectivity index (χ0v) is 9.92. The van der Waals surface area contributed by atoms with Crippen molar-refractivity contribution in [2.75, 3.05) is 0 Å². The van der Waals surface area contributed by atoms with Gasteiger partial charge in [0.05, 0.1) is 0 Å². The maximum Gasteiger partial charge on any atom is -1.00 e. The standard InChI is InChI=1S/C8H20Ge.2H/c1-3-5-7-9-8-6-4-2;;/h3-9H2,1-2H3;;/q;2*-1. The molecule has 0 amide bonds. The molecule has 0 saturated carbocycles. The van der Waals surface area contributed by atoms with Crippen LogP contribution in [0.2, 0.25) is 10.5 Å². The molecule has 1 heteroatoms. The quantitative estimate of drug-likeness (QED) is 0.447. The van der Waals surface area contributed by atoms with Crippen LogP contribution in [0.25, 0.3) is 0 Å². The van der Waals surface area contributed by atoms with Crippen LogP contribution in [0.4, 0.5) is 0 Å². The van der Waals surface area contributed by atoms with Crippen LogP contribution in [0.3, 0.4) is 0 Å². The Hall–Kier alpha value is 0.543. The molecule has 0 rings (SSSR count). The minimum atomic E-state index is 0. The van der Waals surface area contributed by atoms with E-state index in [-0.39, 0.29) is 18.3 Å². The van der Waals surface area contributed by atoms with Gasteiger partial charge in [0, 0.05) is 0 Å². The SMILES string of the molecule is CCC[CH2][GeH2][CH2]CCC.[H-].[H-].